The number of carbonyl (C=O) groups is 3. The molecule has 59 heavy (non-hydrogen) atoms. The predicted octanol–water partition coefficient (Wildman–Crippen LogP) is 10.2. The second-order valence-corrected chi connectivity index (χ2v) is 15.4. The molecule has 0 aliphatic carbocycles. The van der Waals surface area contributed by atoms with Crippen molar-refractivity contribution in [2.75, 3.05) is 19.8 Å². The van der Waals surface area contributed by atoms with Crippen LogP contribution in [0.5, 0.6) is 0 Å². The lowest BCUT2D eigenvalue weighted by molar-refractivity contribution is -0.161. The molecule has 0 aromatic rings. The van der Waals surface area contributed by atoms with E-state index in [1.165, 1.54) is 19.3 Å². The number of aliphatic carboxylic acids is 1. The lowest BCUT2D eigenvalue weighted by Crippen LogP contribution is -2.34. The highest BCUT2D eigenvalue weighted by molar-refractivity contribution is 7.47. The largest absolute Gasteiger partial charge is 0.480 e. The summed E-state index contributed by atoms with van der Waals surface area (Å²) in [6.45, 7) is 2.47. The number of hydrogen-bond donors (Lipinski definition) is 4. The van der Waals surface area contributed by atoms with E-state index in [-0.39, 0.29) is 12.8 Å². The van der Waals surface area contributed by atoms with Crippen LogP contribution in [0.1, 0.15) is 136 Å². The van der Waals surface area contributed by atoms with E-state index >= 15 is 0 Å². The Morgan fingerprint density at radius 1 is 0.627 bits per heavy atom. The first-order valence-corrected chi connectivity index (χ1v) is 22.9. The van der Waals surface area contributed by atoms with Crippen molar-refractivity contribution in [3.63, 3.8) is 0 Å². The number of rotatable bonds is 38. The van der Waals surface area contributed by atoms with E-state index in [1.807, 2.05) is 54.7 Å². The lowest BCUT2D eigenvalue weighted by atomic mass is 10.1. The molecule has 0 aromatic carbocycles. The van der Waals surface area contributed by atoms with Crippen molar-refractivity contribution in [1.29, 1.82) is 0 Å². The van der Waals surface area contributed by atoms with Gasteiger partial charge in [-0.2, -0.15) is 0 Å². The summed E-state index contributed by atoms with van der Waals surface area (Å²) >= 11 is 0. The van der Waals surface area contributed by atoms with Crippen LogP contribution in [-0.4, -0.2) is 71.1 Å². The minimum atomic E-state index is -4.76. The first-order valence-electron chi connectivity index (χ1n) is 21.4. The zero-order valence-corrected chi connectivity index (χ0v) is 36.6. The van der Waals surface area contributed by atoms with Gasteiger partial charge in [0.1, 0.15) is 12.6 Å². The maximum absolute atomic E-state index is 12.6. The van der Waals surface area contributed by atoms with Crippen LogP contribution in [-0.2, 0) is 37.5 Å². The number of nitrogens with two attached hydrogens (primary N) is 1. The molecular formula is C46H74NO11P. The Morgan fingerprint density at radius 3 is 1.85 bits per heavy atom. The Kier molecular flexibility index (Phi) is 37.3. The number of allylic oxidation sites excluding steroid dienone is 14. The number of aliphatic hydroxyl groups is 1. The number of carbonyl (C=O) groups excluding carboxylic acids is 2. The Hall–Kier alpha value is -3.64. The fourth-order valence-corrected chi connectivity index (χ4v) is 5.80. The summed E-state index contributed by atoms with van der Waals surface area (Å²) in [7, 11) is -4.76. The molecule has 0 amide bonds. The second kappa shape index (κ2) is 39.8. The smallest absolute Gasteiger partial charge is 0.472 e. The van der Waals surface area contributed by atoms with Gasteiger partial charge < -0.3 is 30.3 Å². The van der Waals surface area contributed by atoms with Gasteiger partial charge >= 0.3 is 25.7 Å². The van der Waals surface area contributed by atoms with Gasteiger partial charge in [0.15, 0.2) is 6.10 Å². The molecule has 0 heterocycles. The molecule has 4 atom stereocenters. The third kappa shape index (κ3) is 39.6. The van der Waals surface area contributed by atoms with Crippen molar-refractivity contribution < 1.29 is 52.6 Å². The number of aliphatic hydroxyl groups excluding tert-OH is 1. The molecule has 0 saturated heterocycles. The van der Waals surface area contributed by atoms with E-state index in [0.29, 0.717) is 25.7 Å². The number of esters is 2. The summed E-state index contributed by atoms with van der Waals surface area (Å²) in [5.74, 6) is -2.56. The fourth-order valence-electron chi connectivity index (χ4n) is 5.03. The minimum Gasteiger partial charge on any atom is -0.480 e. The summed E-state index contributed by atoms with van der Waals surface area (Å²) in [5, 5.41) is 18.9. The Labute approximate surface area is 354 Å². The molecule has 0 spiro atoms. The van der Waals surface area contributed by atoms with Crippen LogP contribution in [0.2, 0.25) is 0 Å². The molecule has 12 nitrogen and oxygen atoms in total. The van der Waals surface area contributed by atoms with Crippen LogP contribution in [0.4, 0.5) is 0 Å². The molecule has 0 saturated carbocycles. The molecule has 334 valence electrons. The zero-order chi connectivity index (χ0) is 43.7. The van der Waals surface area contributed by atoms with E-state index in [0.717, 1.165) is 64.2 Å². The standard InChI is InChI=1S/C46H74NO11P/c1-3-5-7-9-11-12-13-14-15-16-17-21-24-28-32-36-44(49)55-38-42(39-56-59(53,54)57-40-43(47)46(51)52)58-45(50)37-33-29-25-22-19-18-20-23-27-31-35-41(48)34-30-26-10-8-6-4-2/h6,8,11-12,14-15,18-19,23,25-27,29-31,35,41-43,48H,3-5,7,9-10,13,16-17,20-22,24,28,32-34,36-40,47H2,1-2H3,(H,51,52)(H,53,54)/b8-6-,12-11-,15-14-,19-18-,27-23-,29-25-,30-26-,35-31+/t41?,42-,43+/m1/s1. The summed E-state index contributed by atoms with van der Waals surface area (Å²) in [5.41, 5.74) is 5.32. The van der Waals surface area contributed by atoms with Crippen LogP contribution in [0.15, 0.2) is 97.2 Å². The summed E-state index contributed by atoms with van der Waals surface area (Å²) in [6, 6.07) is -1.55. The first kappa shape index (κ1) is 55.4. The number of unbranched alkanes of at least 4 members (excludes halogenated alkanes) is 8. The van der Waals surface area contributed by atoms with Crippen molar-refractivity contribution in [1.82, 2.24) is 0 Å². The monoisotopic (exact) mass is 847 g/mol. The van der Waals surface area contributed by atoms with Gasteiger partial charge in [0.25, 0.3) is 0 Å². The maximum atomic E-state index is 12.6. The molecular weight excluding hydrogens is 773 g/mol. The van der Waals surface area contributed by atoms with Crippen LogP contribution >= 0.6 is 7.82 Å². The van der Waals surface area contributed by atoms with Gasteiger partial charge in [0.2, 0.25) is 0 Å². The molecule has 0 aliphatic rings. The van der Waals surface area contributed by atoms with E-state index in [2.05, 4.69) is 54.8 Å². The van der Waals surface area contributed by atoms with Gasteiger partial charge in [0, 0.05) is 12.8 Å². The van der Waals surface area contributed by atoms with E-state index < -0.39 is 63.8 Å². The SMILES string of the molecule is CC/C=C\C/C=C\CC(O)/C=C/C=C\C/C=C\C/C=C\CCC(=O)O[C@H](COC(=O)CCCCCCC/C=C\C/C=C\CCCCC)COP(=O)(O)OC[C@H](N)C(=O)O. The van der Waals surface area contributed by atoms with Gasteiger partial charge in [0.05, 0.1) is 19.3 Å². The van der Waals surface area contributed by atoms with Crippen LogP contribution < -0.4 is 5.73 Å². The van der Waals surface area contributed by atoms with Gasteiger partial charge in [-0.25, -0.2) is 4.57 Å². The number of carboxylic acids is 1. The van der Waals surface area contributed by atoms with Gasteiger partial charge in [-0.15, -0.1) is 0 Å². The van der Waals surface area contributed by atoms with Gasteiger partial charge in [-0.05, 0) is 77.0 Å². The number of hydrogen-bond acceptors (Lipinski definition) is 10. The zero-order valence-electron chi connectivity index (χ0n) is 35.7. The average molecular weight is 848 g/mol. The number of phosphoric acid groups is 1. The van der Waals surface area contributed by atoms with Crippen LogP contribution in [0, 0.1) is 0 Å². The summed E-state index contributed by atoms with van der Waals surface area (Å²) in [4.78, 5) is 45.9. The summed E-state index contributed by atoms with van der Waals surface area (Å²) in [6.07, 6.45) is 46.6. The molecule has 2 unspecified atom stereocenters. The average Bonchev–Trinajstić information content (AvgIpc) is 3.21. The maximum Gasteiger partial charge on any atom is 0.472 e. The predicted molar refractivity (Wildman–Crippen MR) is 236 cm³/mol. The highest BCUT2D eigenvalue weighted by Crippen LogP contribution is 2.43. The van der Waals surface area contributed by atoms with Gasteiger partial charge in [-0.3, -0.25) is 23.4 Å². The molecule has 0 rings (SSSR count). The summed E-state index contributed by atoms with van der Waals surface area (Å²) < 4.78 is 32.5. The van der Waals surface area contributed by atoms with Crippen molar-refractivity contribution in [3.05, 3.63) is 97.2 Å². The lowest BCUT2D eigenvalue weighted by Gasteiger charge is -2.20. The van der Waals surface area contributed by atoms with Crippen molar-refractivity contribution in [3.8, 4) is 0 Å². The molecule has 0 radical (unpaired) electrons. The normalized spacial score (nSPS) is 15.2. The van der Waals surface area contributed by atoms with Crippen LogP contribution in [0.25, 0.3) is 0 Å². The highest BCUT2D eigenvalue weighted by Gasteiger charge is 2.28. The van der Waals surface area contributed by atoms with Crippen molar-refractivity contribution in [2.24, 2.45) is 5.73 Å². The third-order valence-electron chi connectivity index (χ3n) is 8.41. The number of phosphoric ester groups is 1. The minimum absolute atomic E-state index is 0.00396. The van der Waals surface area contributed by atoms with Crippen molar-refractivity contribution in [2.45, 2.75) is 154 Å². The van der Waals surface area contributed by atoms with E-state index in [4.69, 9.17) is 24.8 Å². The second-order valence-electron chi connectivity index (χ2n) is 13.9. The first-order chi connectivity index (χ1) is 28.5. The topological polar surface area (TPSA) is 192 Å². The van der Waals surface area contributed by atoms with Crippen LogP contribution in [0.3, 0.4) is 0 Å². The fraction of sp³-hybridized carbons (Fsp3) is 0.587. The number of ether oxygens (including phenoxy) is 2. The molecule has 0 fully saturated rings. The Balaban J connectivity index is 4.61. The Morgan fingerprint density at radius 2 is 1.19 bits per heavy atom. The molecule has 5 N–H and O–H groups in total. The number of carboxylic acid groups (broad SMARTS) is 1. The molecule has 13 heteroatoms. The molecule has 0 aliphatic heterocycles. The molecule has 0 bridgehead atoms. The Bertz CT molecular complexity index is 1380. The van der Waals surface area contributed by atoms with Crippen molar-refractivity contribution >= 4 is 25.7 Å². The van der Waals surface area contributed by atoms with Gasteiger partial charge in [-0.1, -0.05) is 143 Å². The van der Waals surface area contributed by atoms with E-state index in [1.54, 1.807) is 6.08 Å². The third-order valence-corrected chi connectivity index (χ3v) is 9.36. The quantitative estimate of drug-likeness (QED) is 0.0151. The van der Waals surface area contributed by atoms with E-state index in [9.17, 15) is 28.9 Å². The molecule has 0 aromatic heterocycles. The highest BCUT2D eigenvalue weighted by atomic mass is 31.2.